The molecule has 0 spiro atoms. The molecule has 1 aliphatic carbocycles. The fourth-order valence-corrected chi connectivity index (χ4v) is 5.81. The fraction of sp³-hybridized carbons (Fsp3) is 0.565. The normalized spacial score (nSPS) is 26.5. The zero-order chi connectivity index (χ0) is 23.4. The maximum Gasteiger partial charge on any atom is 0.416 e. The molecule has 34 heavy (non-hydrogen) atoms. The Balaban J connectivity index is 1.19. The van der Waals surface area contributed by atoms with E-state index in [1.807, 2.05) is 11.6 Å². The summed E-state index contributed by atoms with van der Waals surface area (Å²) < 4.78 is 46.2. The summed E-state index contributed by atoms with van der Waals surface area (Å²) in [5.41, 5.74) is 0.213. The van der Waals surface area contributed by atoms with E-state index in [0.29, 0.717) is 29.6 Å². The molecule has 1 N–H and O–H groups in total. The number of hydrogen-bond donors (Lipinski definition) is 1. The van der Waals surface area contributed by atoms with Crippen LogP contribution in [0.5, 0.6) is 0 Å². The average molecular weight is 474 g/mol. The van der Waals surface area contributed by atoms with Gasteiger partial charge in [0.15, 0.2) is 5.82 Å². The number of benzene rings is 1. The van der Waals surface area contributed by atoms with Crippen LogP contribution in [0.4, 0.5) is 25.1 Å². The van der Waals surface area contributed by atoms with Crippen LogP contribution in [0, 0.1) is 18.8 Å². The van der Waals surface area contributed by atoms with Crippen LogP contribution in [0.25, 0.3) is 0 Å². The Bertz CT molecular complexity index is 1160. The number of aryl methyl sites for hydroxylation is 2. The first-order valence-electron chi connectivity index (χ1n) is 11.8. The molecule has 11 heteroatoms. The highest BCUT2D eigenvalue weighted by molar-refractivity contribution is 5.36. The van der Waals surface area contributed by atoms with Gasteiger partial charge in [-0.1, -0.05) is 17.3 Å². The highest BCUT2D eigenvalue weighted by Gasteiger charge is 2.44. The molecule has 1 saturated heterocycles. The van der Waals surface area contributed by atoms with Gasteiger partial charge >= 0.3 is 12.2 Å². The van der Waals surface area contributed by atoms with E-state index in [1.165, 1.54) is 0 Å². The van der Waals surface area contributed by atoms with Crippen LogP contribution in [0.1, 0.15) is 54.4 Å². The number of anilines is 2. The van der Waals surface area contributed by atoms with Crippen molar-refractivity contribution in [1.82, 2.24) is 24.9 Å². The highest BCUT2D eigenvalue weighted by Crippen LogP contribution is 2.40. The molecule has 3 aromatic rings. The summed E-state index contributed by atoms with van der Waals surface area (Å²) >= 11 is 0. The summed E-state index contributed by atoms with van der Waals surface area (Å²) in [6, 6.07) is 6.30. The second-order valence-corrected chi connectivity index (χ2v) is 9.63. The van der Waals surface area contributed by atoms with Crippen molar-refractivity contribution >= 4 is 12.0 Å². The first kappa shape index (κ1) is 21.4. The molecule has 2 bridgehead atoms. The van der Waals surface area contributed by atoms with Gasteiger partial charge in [-0.15, -0.1) is 5.10 Å². The number of alkyl halides is 3. The topological polar surface area (TPSA) is 84.9 Å². The van der Waals surface area contributed by atoms with E-state index in [0.717, 1.165) is 68.8 Å². The van der Waals surface area contributed by atoms with Crippen molar-refractivity contribution in [2.75, 3.05) is 23.3 Å². The van der Waals surface area contributed by atoms with Gasteiger partial charge in [0.1, 0.15) is 5.82 Å². The maximum atomic E-state index is 13.0. The number of hydrogen-bond acceptors (Lipinski definition) is 7. The van der Waals surface area contributed by atoms with Crippen molar-refractivity contribution in [2.24, 2.45) is 11.8 Å². The Kier molecular flexibility index (Phi) is 5.03. The van der Waals surface area contributed by atoms with Gasteiger partial charge in [0.2, 0.25) is 5.95 Å². The van der Waals surface area contributed by atoms with Crippen LogP contribution in [-0.4, -0.2) is 44.0 Å². The van der Waals surface area contributed by atoms with E-state index in [1.54, 1.807) is 12.1 Å². The molecule has 2 aliphatic heterocycles. The first-order valence-corrected chi connectivity index (χ1v) is 11.8. The Morgan fingerprint density at radius 3 is 2.41 bits per heavy atom. The van der Waals surface area contributed by atoms with E-state index >= 15 is 0 Å². The quantitative estimate of drug-likeness (QED) is 0.607. The van der Waals surface area contributed by atoms with Crippen molar-refractivity contribution in [3.8, 4) is 0 Å². The summed E-state index contributed by atoms with van der Waals surface area (Å²) in [7, 11) is 0. The van der Waals surface area contributed by atoms with E-state index in [4.69, 9.17) is 14.6 Å². The third-order valence-corrected chi connectivity index (χ3v) is 7.43. The third kappa shape index (κ3) is 3.80. The number of piperidine rings is 1. The number of nitrogens with zero attached hydrogens (tertiary/aromatic N) is 6. The van der Waals surface area contributed by atoms with Gasteiger partial charge in [-0.3, -0.25) is 0 Å². The largest absolute Gasteiger partial charge is 0.416 e. The number of rotatable bonds is 4. The van der Waals surface area contributed by atoms with Gasteiger partial charge in [0.05, 0.1) is 5.56 Å². The van der Waals surface area contributed by atoms with Crippen LogP contribution < -0.4 is 10.2 Å². The first-order chi connectivity index (χ1) is 16.3. The Morgan fingerprint density at radius 1 is 1.03 bits per heavy atom. The lowest BCUT2D eigenvalue weighted by Crippen LogP contribution is -2.48. The van der Waals surface area contributed by atoms with E-state index in [-0.39, 0.29) is 12.0 Å². The molecule has 4 atom stereocenters. The zero-order valence-corrected chi connectivity index (χ0v) is 18.8. The standard InChI is InChI=1S/C23H26F3N7O/c1-13-27-22(34-31-13)32-11-15-4-5-16(12-32)19(15)28-21-29-20-18(3-2-10-33(20)30-21)14-6-8-17(9-7-14)23(24,25)26/h6-9,15-16,18-19H,2-5,10-12H2,1H3,(H,28,30)/t15-,16?,18?,19?/m0/s1. The molecule has 1 aromatic carbocycles. The average Bonchev–Trinajstić information content (AvgIpc) is 3.48. The minimum Gasteiger partial charge on any atom is -0.350 e. The molecular formula is C23H26F3N7O. The van der Waals surface area contributed by atoms with Crippen molar-refractivity contribution in [2.45, 2.75) is 57.3 Å². The van der Waals surface area contributed by atoms with Crippen LogP contribution >= 0.6 is 0 Å². The van der Waals surface area contributed by atoms with Crippen molar-refractivity contribution in [3.05, 3.63) is 47.0 Å². The predicted molar refractivity (Wildman–Crippen MR) is 117 cm³/mol. The van der Waals surface area contributed by atoms with Gasteiger partial charge in [-0.05, 0) is 62.1 Å². The van der Waals surface area contributed by atoms with Gasteiger partial charge in [0.25, 0.3) is 0 Å². The summed E-state index contributed by atoms with van der Waals surface area (Å²) in [5.74, 6) is 2.86. The highest BCUT2D eigenvalue weighted by atomic mass is 19.4. The second-order valence-electron chi connectivity index (χ2n) is 9.63. The molecule has 2 fully saturated rings. The monoisotopic (exact) mass is 473 g/mol. The minimum atomic E-state index is -4.33. The molecule has 0 amide bonds. The van der Waals surface area contributed by atoms with Crippen LogP contribution in [0.3, 0.4) is 0 Å². The second kappa shape index (κ2) is 7.99. The molecule has 6 rings (SSSR count). The molecule has 3 aliphatic rings. The molecule has 4 heterocycles. The summed E-state index contributed by atoms with van der Waals surface area (Å²) in [6.07, 6.45) is -0.341. The van der Waals surface area contributed by atoms with Gasteiger partial charge in [0, 0.05) is 31.6 Å². The summed E-state index contributed by atoms with van der Waals surface area (Å²) in [5, 5.41) is 12.2. The van der Waals surface area contributed by atoms with E-state index in [9.17, 15) is 13.2 Å². The molecule has 8 nitrogen and oxygen atoms in total. The smallest absolute Gasteiger partial charge is 0.350 e. The lowest BCUT2D eigenvalue weighted by atomic mass is 9.90. The van der Waals surface area contributed by atoms with Crippen LogP contribution in [0.15, 0.2) is 28.8 Å². The van der Waals surface area contributed by atoms with Gasteiger partial charge in [-0.25, -0.2) is 4.68 Å². The number of fused-ring (bicyclic) bond motifs is 3. The van der Waals surface area contributed by atoms with Crippen LogP contribution in [0.2, 0.25) is 0 Å². The van der Waals surface area contributed by atoms with Crippen molar-refractivity contribution < 1.29 is 17.7 Å². The number of aromatic nitrogens is 5. The zero-order valence-electron chi connectivity index (χ0n) is 18.8. The molecule has 3 unspecified atom stereocenters. The van der Waals surface area contributed by atoms with Crippen LogP contribution in [-0.2, 0) is 12.7 Å². The minimum absolute atomic E-state index is 0.0570. The van der Waals surface area contributed by atoms with Crippen molar-refractivity contribution in [1.29, 1.82) is 0 Å². The fourth-order valence-electron chi connectivity index (χ4n) is 5.81. The van der Waals surface area contributed by atoms with Crippen molar-refractivity contribution in [3.63, 3.8) is 0 Å². The molecule has 180 valence electrons. The predicted octanol–water partition coefficient (Wildman–Crippen LogP) is 4.24. The lowest BCUT2D eigenvalue weighted by molar-refractivity contribution is -0.137. The summed E-state index contributed by atoms with van der Waals surface area (Å²) in [4.78, 5) is 11.4. The molecule has 2 aromatic heterocycles. The van der Waals surface area contributed by atoms with Gasteiger partial charge in [-0.2, -0.15) is 23.1 Å². The molecular weight excluding hydrogens is 447 g/mol. The number of halogens is 3. The Labute approximate surface area is 194 Å². The van der Waals surface area contributed by atoms with E-state index < -0.39 is 11.7 Å². The maximum absolute atomic E-state index is 13.0. The summed E-state index contributed by atoms with van der Waals surface area (Å²) in [6.45, 7) is 4.28. The Morgan fingerprint density at radius 2 is 1.76 bits per heavy atom. The third-order valence-electron chi connectivity index (χ3n) is 7.43. The molecule has 1 saturated carbocycles. The Hall–Kier alpha value is -3.11. The lowest BCUT2D eigenvalue weighted by Gasteiger charge is -2.37. The molecule has 0 radical (unpaired) electrons. The van der Waals surface area contributed by atoms with E-state index in [2.05, 4.69) is 20.4 Å². The van der Waals surface area contributed by atoms with Gasteiger partial charge < -0.3 is 14.7 Å². The SMILES string of the molecule is Cc1noc(N2CC3CC[C@@H](C2)C3Nc2nc3n(n2)CCCC3c2ccc(C(F)(F)F)cc2)n1. The number of nitrogens with one attached hydrogen (secondary N) is 1.